The Morgan fingerprint density at radius 2 is 2.17 bits per heavy atom. The maximum absolute atomic E-state index is 11.3. The number of benzene rings is 1. The lowest BCUT2D eigenvalue weighted by atomic mass is 10.2. The average Bonchev–Trinajstić information content (AvgIpc) is 2.55. The molecule has 0 spiro atoms. The van der Waals surface area contributed by atoms with E-state index in [0.717, 1.165) is 5.56 Å². The van der Waals surface area contributed by atoms with E-state index in [1.54, 1.807) is 18.2 Å². The topological polar surface area (TPSA) is 94.1 Å². The van der Waals surface area contributed by atoms with Gasteiger partial charge in [0.25, 0.3) is 0 Å². The number of hydrogen-bond donors (Lipinski definition) is 2. The average molecular weight is 323 g/mol. The summed E-state index contributed by atoms with van der Waals surface area (Å²) in [6.45, 7) is 4.24. The van der Waals surface area contributed by atoms with Crippen LogP contribution in [-0.4, -0.2) is 43.9 Å². The number of esters is 1. The molecule has 0 radical (unpaired) electrons. The fourth-order valence-corrected chi connectivity index (χ4v) is 1.74. The van der Waals surface area contributed by atoms with Crippen LogP contribution < -0.4 is 14.8 Å². The molecule has 0 amide bonds. The Hall–Kier alpha value is -2.54. The standard InChI is InChI=1S/C16H21NO6/c1-3-8-22-16(20)6-7-17-10-12-4-5-13(9-14(12)21-2)23-11-15(18)19/h3-5,9,17H,1,6-8,10-11H2,2H3,(H,18,19). The molecule has 1 aromatic rings. The number of rotatable bonds is 11. The van der Waals surface area contributed by atoms with E-state index in [9.17, 15) is 9.59 Å². The first kappa shape index (κ1) is 18.5. The number of ether oxygens (including phenoxy) is 3. The highest BCUT2D eigenvalue weighted by atomic mass is 16.5. The SMILES string of the molecule is C=CCOC(=O)CCNCc1ccc(OCC(=O)O)cc1OC. The van der Waals surface area contributed by atoms with E-state index < -0.39 is 12.6 Å². The van der Waals surface area contributed by atoms with E-state index in [1.165, 1.54) is 13.2 Å². The largest absolute Gasteiger partial charge is 0.496 e. The summed E-state index contributed by atoms with van der Waals surface area (Å²) in [5, 5.41) is 11.7. The van der Waals surface area contributed by atoms with Gasteiger partial charge in [-0.3, -0.25) is 4.79 Å². The molecule has 0 aliphatic heterocycles. The van der Waals surface area contributed by atoms with Crippen molar-refractivity contribution in [3.05, 3.63) is 36.4 Å². The van der Waals surface area contributed by atoms with Crippen molar-refractivity contribution in [3.63, 3.8) is 0 Å². The summed E-state index contributed by atoms with van der Waals surface area (Å²) in [7, 11) is 1.52. The van der Waals surface area contributed by atoms with Crippen molar-refractivity contribution >= 4 is 11.9 Å². The first-order chi connectivity index (χ1) is 11.1. The highest BCUT2D eigenvalue weighted by Crippen LogP contribution is 2.24. The number of carboxylic acids is 1. The van der Waals surface area contributed by atoms with Crippen LogP contribution in [0.2, 0.25) is 0 Å². The molecule has 0 heterocycles. The van der Waals surface area contributed by atoms with Crippen LogP contribution in [0, 0.1) is 0 Å². The lowest BCUT2D eigenvalue weighted by Crippen LogP contribution is -2.19. The zero-order chi connectivity index (χ0) is 17.1. The van der Waals surface area contributed by atoms with Gasteiger partial charge in [-0.25, -0.2) is 4.79 Å². The Bertz CT molecular complexity index is 543. The molecule has 0 fully saturated rings. The van der Waals surface area contributed by atoms with Gasteiger partial charge >= 0.3 is 11.9 Å². The Labute approximate surface area is 134 Å². The lowest BCUT2D eigenvalue weighted by molar-refractivity contribution is -0.142. The second-order valence-corrected chi connectivity index (χ2v) is 4.55. The molecule has 0 aromatic heterocycles. The molecule has 0 saturated carbocycles. The summed E-state index contributed by atoms with van der Waals surface area (Å²) < 4.78 is 15.2. The number of hydrogen-bond acceptors (Lipinski definition) is 6. The second-order valence-electron chi connectivity index (χ2n) is 4.55. The van der Waals surface area contributed by atoms with Gasteiger partial charge in [0.1, 0.15) is 18.1 Å². The minimum Gasteiger partial charge on any atom is -0.496 e. The Kier molecular flexibility index (Phi) is 8.23. The molecule has 7 heteroatoms. The van der Waals surface area contributed by atoms with Crippen molar-refractivity contribution in [2.75, 3.05) is 26.9 Å². The van der Waals surface area contributed by atoms with Gasteiger partial charge in [-0.1, -0.05) is 18.7 Å². The van der Waals surface area contributed by atoms with Gasteiger partial charge < -0.3 is 24.6 Å². The van der Waals surface area contributed by atoms with Crippen molar-refractivity contribution in [1.82, 2.24) is 5.32 Å². The van der Waals surface area contributed by atoms with E-state index >= 15 is 0 Å². The molecule has 0 saturated heterocycles. The highest BCUT2D eigenvalue weighted by Gasteiger charge is 2.07. The van der Waals surface area contributed by atoms with E-state index in [2.05, 4.69) is 11.9 Å². The first-order valence-corrected chi connectivity index (χ1v) is 7.05. The second kappa shape index (κ2) is 10.2. The molecule has 0 bridgehead atoms. The Balaban J connectivity index is 2.45. The Morgan fingerprint density at radius 1 is 1.39 bits per heavy atom. The minimum absolute atomic E-state index is 0.213. The molecule has 0 unspecified atom stereocenters. The van der Waals surface area contributed by atoms with Gasteiger partial charge in [0.2, 0.25) is 0 Å². The number of nitrogens with one attached hydrogen (secondary N) is 1. The summed E-state index contributed by atoms with van der Waals surface area (Å²) >= 11 is 0. The molecule has 2 N–H and O–H groups in total. The zero-order valence-electron chi connectivity index (χ0n) is 13.0. The Morgan fingerprint density at radius 3 is 2.83 bits per heavy atom. The van der Waals surface area contributed by atoms with Crippen LogP contribution in [0.4, 0.5) is 0 Å². The summed E-state index contributed by atoms with van der Waals surface area (Å²) in [5.41, 5.74) is 0.870. The van der Waals surface area contributed by atoms with Crippen molar-refractivity contribution in [2.45, 2.75) is 13.0 Å². The molecule has 0 aliphatic carbocycles. The number of carboxylic acid groups (broad SMARTS) is 1. The molecule has 1 aromatic carbocycles. The quantitative estimate of drug-likeness (QED) is 0.361. The third-order valence-corrected chi connectivity index (χ3v) is 2.80. The van der Waals surface area contributed by atoms with Crippen molar-refractivity contribution in [1.29, 1.82) is 0 Å². The fraction of sp³-hybridized carbons (Fsp3) is 0.375. The van der Waals surface area contributed by atoms with Gasteiger partial charge in [-0.15, -0.1) is 0 Å². The van der Waals surface area contributed by atoms with E-state index in [4.69, 9.17) is 19.3 Å². The van der Waals surface area contributed by atoms with Gasteiger partial charge in [-0.05, 0) is 6.07 Å². The number of carbonyl (C=O) groups is 2. The maximum Gasteiger partial charge on any atom is 0.341 e. The molecular weight excluding hydrogens is 302 g/mol. The highest BCUT2D eigenvalue weighted by molar-refractivity contribution is 5.69. The molecule has 7 nitrogen and oxygen atoms in total. The van der Waals surface area contributed by atoms with Gasteiger partial charge in [-0.2, -0.15) is 0 Å². The van der Waals surface area contributed by atoms with Crippen LogP contribution in [-0.2, 0) is 20.9 Å². The molecule has 23 heavy (non-hydrogen) atoms. The molecule has 0 aliphatic rings. The van der Waals surface area contributed by atoms with Crippen LogP contribution in [0.25, 0.3) is 0 Å². The van der Waals surface area contributed by atoms with Crippen LogP contribution in [0.3, 0.4) is 0 Å². The van der Waals surface area contributed by atoms with Crippen LogP contribution in [0.5, 0.6) is 11.5 Å². The van der Waals surface area contributed by atoms with Gasteiger partial charge in [0, 0.05) is 24.7 Å². The smallest absolute Gasteiger partial charge is 0.341 e. The third kappa shape index (κ3) is 7.32. The summed E-state index contributed by atoms with van der Waals surface area (Å²) in [4.78, 5) is 21.8. The molecule has 126 valence electrons. The molecule has 0 atom stereocenters. The number of aliphatic carboxylic acids is 1. The van der Waals surface area contributed by atoms with Crippen molar-refractivity contribution in [2.24, 2.45) is 0 Å². The summed E-state index contributed by atoms with van der Waals surface area (Å²) in [6, 6.07) is 5.07. The number of carbonyl (C=O) groups excluding carboxylic acids is 1. The summed E-state index contributed by atoms with van der Waals surface area (Å²) in [6.07, 6.45) is 1.78. The third-order valence-electron chi connectivity index (χ3n) is 2.80. The lowest BCUT2D eigenvalue weighted by Gasteiger charge is -2.12. The van der Waals surface area contributed by atoms with Crippen LogP contribution in [0.1, 0.15) is 12.0 Å². The first-order valence-electron chi connectivity index (χ1n) is 7.05. The number of methoxy groups -OCH3 is 1. The van der Waals surface area contributed by atoms with Crippen LogP contribution >= 0.6 is 0 Å². The predicted octanol–water partition coefficient (Wildman–Crippen LogP) is 1.37. The van der Waals surface area contributed by atoms with Gasteiger partial charge in [0.05, 0.1) is 13.5 Å². The van der Waals surface area contributed by atoms with E-state index in [0.29, 0.717) is 24.6 Å². The predicted molar refractivity (Wildman–Crippen MR) is 83.6 cm³/mol. The zero-order valence-corrected chi connectivity index (χ0v) is 13.0. The van der Waals surface area contributed by atoms with Crippen molar-refractivity contribution < 1.29 is 28.9 Å². The van der Waals surface area contributed by atoms with E-state index in [1.807, 2.05) is 0 Å². The normalized spacial score (nSPS) is 9.96. The summed E-state index contributed by atoms with van der Waals surface area (Å²) in [5.74, 6) is -0.338. The molecular formula is C16H21NO6. The monoisotopic (exact) mass is 323 g/mol. The molecule has 1 rings (SSSR count). The van der Waals surface area contributed by atoms with Crippen molar-refractivity contribution in [3.8, 4) is 11.5 Å². The van der Waals surface area contributed by atoms with Gasteiger partial charge in [0.15, 0.2) is 6.61 Å². The van der Waals surface area contributed by atoms with E-state index in [-0.39, 0.29) is 19.0 Å². The minimum atomic E-state index is -1.04. The fourth-order valence-electron chi connectivity index (χ4n) is 1.74. The maximum atomic E-state index is 11.3. The van der Waals surface area contributed by atoms with Crippen LogP contribution in [0.15, 0.2) is 30.9 Å².